The van der Waals surface area contributed by atoms with Crippen LogP contribution in [-0.4, -0.2) is 93.7 Å². The van der Waals surface area contributed by atoms with Gasteiger partial charge in [0.2, 0.25) is 11.8 Å². The van der Waals surface area contributed by atoms with Gasteiger partial charge in [-0.2, -0.15) is 0 Å². The Bertz CT molecular complexity index is 439. The Balaban J connectivity index is 2.14. The highest BCUT2D eigenvalue weighted by atomic mass is 16.5. The van der Waals surface area contributed by atoms with Crippen molar-refractivity contribution in [1.29, 1.82) is 0 Å². The summed E-state index contributed by atoms with van der Waals surface area (Å²) in [5.74, 6) is -0.292. The average molecular weight is 371 g/mol. The van der Waals surface area contributed by atoms with Crippen molar-refractivity contribution in [1.82, 2.24) is 25.8 Å². The second-order valence-electron chi connectivity index (χ2n) is 6.41. The predicted octanol–water partition coefficient (Wildman–Crippen LogP) is -0.617. The average Bonchev–Trinajstić information content (AvgIpc) is 2.60. The number of methoxy groups -OCH3 is 1. The van der Waals surface area contributed by atoms with Gasteiger partial charge in [0.25, 0.3) is 0 Å². The number of ether oxygens (including phenoxy) is 1. The molecule has 3 N–H and O–H groups in total. The maximum atomic E-state index is 11.9. The number of hydrogen-bond acceptors (Lipinski definition) is 6. The molecule has 0 aromatic heterocycles. The number of imide groups is 1. The van der Waals surface area contributed by atoms with Crippen LogP contribution in [0.2, 0.25) is 0 Å². The highest BCUT2D eigenvalue weighted by Gasteiger charge is 2.21. The highest BCUT2D eigenvalue weighted by molar-refractivity contribution is 5.95. The fraction of sp³-hybridized carbons (Fsp3) is 0.824. The van der Waals surface area contributed by atoms with Crippen LogP contribution >= 0.6 is 0 Å². The number of nitrogens with one attached hydrogen (secondary N) is 3. The summed E-state index contributed by atoms with van der Waals surface area (Å²) in [5, 5.41) is 7.87. The Morgan fingerprint density at radius 1 is 0.885 bits per heavy atom. The van der Waals surface area contributed by atoms with Gasteiger partial charge in [0, 0.05) is 53.0 Å². The van der Waals surface area contributed by atoms with E-state index in [0.29, 0.717) is 39.3 Å². The minimum atomic E-state index is -0.438. The summed E-state index contributed by atoms with van der Waals surface area (Å²) in [5.41, 5.74) is 0. The Kier molecular flexibility index (Phi) is 11.6. The lowest BCUT2D eigenvalue weighted by Gasteiger charge is -2.33. The molecule has 0 radical (unpaired) electrons. The molecule has 150 valence electrons. The summed E-state index contributed by atoms with van der Waals surface area (Å²) in [4.78, 5) is 39.3. The summed E-state index contributed by atoms with van der Waals surface area (Å²) in [7, 11) is 1.64. The van der Waals surface area contributed by atoms with E-state index in [1.54, 1.807) is 7.11 Å². The first kappa shape index (κ1) is 22.3. The number of unbranched alkanes of at least 4 members (excludes halogenated alkanes) is 1. The Morgan fingerprint density at radius 2 is 1.46 bits per heavy atom. The SMILES string of the molecule is CCCCNC(=O)NC(=O)CN1CCN(CC(=O)NCCCOC)CC1. The lowest BCUT2D eigenvalue weighted by molar-refractivity contribution is -0.124. The number of carbonyl (C=O) groups excluding carboxylic acids is 3. The molecule has 9 heteroatoms. The van der Waals surface area contributed by atoms with Crippen LogP contribution in [0.4, 0.5) is 4.79 Å². The molecule has 0 saturated carbocycles. The molecule has 26 heavy (non-hydrogen) atoms. The predicted molar refractivity (Wildman–Crippen MR) is 98.8 cm³/mol. The molecule has 0 aromatic carbocycles. The minimum absolute atomic E-state index is 0.0102. The minimum Gasteiger partial charge on any atom is -0.385 e. The zero-order valence-corrected chi connectivity index (χ0v) is 16.0. The van der Waals surface area contributed by atoms with Crippen molar-refractivity contribution in [3.63, 3.8) is 0 Å². The van der Waals surface area contributed by atoms with Crippen molar-refractivity contribution < 1.29 is 19.1 Å². The van der Waals surface area contributed by atoms with Gasteiger partial charge in [-0.3, -0.25) is 24.7 Å². The number of rotatable bonds is 11. The van der Waals surface area contributed by atoms with E-state index in [4.69, 9.17) is 4.74 Å². The van der Waals surface area contributed by atoms with Gasteiger partial charge in [-0.05, 0) is 12.8 Å². The molecule has 0 spiro atoms. The third-order valence-corrected chi connectivity index (χ3v) is 4.12. The van der Waals surface area contributed by atoms with Crippen molar-refractivity contribution in [3.8, 4) is 0 Å². The molecular weight excluding hydrogens is 338 g/mol. The molecule has 9 nitrogen and oxygen atoms in total. The molecule has 0 aromatic rings. The molecule has 0 unspecified atom stereocenters. The molecule has 0 atom stereocenters. The van der Waals surface area contributed by atoms with Crippen LogP contribution in [0, 0.1) is 0 Å². The smallest absolute Gasteiger partial charge is 0.321 e. The first-order chi connectivity index (χ1) is 12.5. The van der Waals surface area contributed by atoms with Crippen molar-refractivity contribution in [3.05, 3.63) is 0 Å². The van der Waals surface area contributed by atoms with Crippen LogP contribution < -0.4 is 16.0 Å². The van der Waals surface area contributed by atoms with Gasteiger partial charge in [0.05, 0.1) is 13.1 Å². The second kappa shape index (κ2) is 13.5. The number of amides is 4. The van der Waals surface area contributed by atoms with Crippen LogP contribution in [0.3, 0.4) is 0 Å². The first-order valence-corrected chi connectivity index (χ1v) is 9.33. The van der Waals surface area contributed by atoms with Crippen LogP contribution in [0.25, 0.3) is 0 Å². The third kappa shape index (κ3) is 10.3. The second-order valence-corrected chi connectivity index (χ2v) is 6.41. The summed E-state index contributed by atoms with van der Waals surface area (Å²) in [6.07, 6.45) is 2.68. The quantitative estimate of drug-likeness (QED) is 0.419. The zero-order valence-electron chi connectivity index (χ0n) is 16.0. The summed E-state index contributed by atoms with van der Waals surface area (Å²) in [6, 6.07) is -0.438. The fourth-order valence-electron chi connectivity index (χ4n) is 2.60. The van der Waals surface area contributed by atoms with Crippen molar-refractivity contribution in [2.45, 2.75) is 26.2 Å². The van der Waals surface area contributed by atoms with Crippen molar-refractivity contribution in [2.24, 2.45) is 0 Å². The molecule has 0 bridgehead atoms. The third-order valence-electron chi connectivity index (χ3n) is 4.12. The molecule has 4 amide bonds. The van der Waals surface area contributed by atoms with Crippen LogP contribution in [0.15, 0.2) is 0 Å². The Hall–Kier alpha value is -1.71. The monoisotopic (exact) mass is 371 g/mol. The number of piperazine rings is 1. The van der Waals surface area contributed by atoms with Crippen LogP contribution in [0.5, 0.6) is 0 Å². The number of urea groups is 1. The Morgan fingerprint density at radius 3 is 2.04 bits per heavy atom. The van der Waals surface area contributed by atoms with E-state index in [-0.39, 0.29) is 18.4 Å². The van der Waals surface area contributed by atoms with E-state index >= 15 is 0 Å². The highest BCUT2D eigenvalue weighted by Crippen LogP contribution is 2.01. The lowest BCUT2D eigenvalue weighted by Crippen LogP contribution is -2.52. The summed E-state index contributed by atoms with van der Waals surface area (Å²) >= 11 is 0. The van der Waals surface area contributed by atoms with Gasteiger partial charge in [0.15, 0.2) is 0 Å². The molecule has 1 fully saturated rings. The van der Waals surface area contributed by atoms with E-state index in [1.807, 2.05) is 11.8 Å². The standard InChI is InChI=1S/C17H33N5O4/c1-3-4-6-19-17(25)20-16(24)14-22-10-8-21(9-11-22)13-15(23)18-7-5-12-26-2/h3-14H2,1-2H3,(H,18,23)(H2,19,20,24,25). The zero-order chi connectivity index (χ0) is 19.2. The van der Waals surface area contributed by atoms with Crippen molar-refractivity contribution >= 4 is 17.8 Å². The van der Waals surface area contributed by atoms with Gasteiger partial charge in [-0.1, -0.05) is 13.3 Å². The van der Waals surface area contributed by atoms with E-state index in [9.17, 15) is 14.4 Å². The van der Waals surface area contributed by atoms with Gasteiger partial charge >= 0.3 is 6.03 Å². The topological polar surface area (TPSA) is 103 Å². The van der Waals surface area contributed by atoms with Gasteiger partial charge in [-0.25, -0.2) is 4.79 Å². The number of nitrogens with zero attached hydrogens (tertiary/aromatic N) is 2. The van der Waals surface area contributed by atoms with Gasteiger partial charge in [0.1, 0.15) is 0 Å². The lowest BCUT2D eigenvalue weighted by atomic mass is 10.3. The molecule has 1 aliphatic rings. The van der Waals surface area contributed by atoms with Crippen molar-refractivity contribution in [2.75, 3.05) is 66.1 Å². The maximum absolute atomic E-state index is 11.9. The maximum Gasteiger partial charge on any atom is 0.321 e. The van der Waals surface area contributed by atoms with E-state index < -0.39 is 6.03 Å². The fourth-order valence-corrected chi connectivity index (χ4v) is 2.60. The number of carbonyl (C=O) groups is 3. The first-order valence-electron chi connectivity index (χ1n) is 9.33. The van der Waals surface area contributed by atoms with Gasteiger partial charge in [-0.15, -0.1) is 0 Å². The molecule has 1 saturated heterocycles. The van der Waals surface area contributed by atoms with Gasteiger partial charge < -0.3 is 15.4 Å². The molecule has 1 aliphatic heterocycles. The molecule has 0 aliphatic carbocycles. The van der Waals surface area contributed by atoms with Crippen LogP contribution in [0.1, 0.15) is 26.2 Å². The summed E-state index contributed by atoms with van der Waals surface area (Å²) < 4.78 is 4.94. The normalized spacial score (nSPS) is 15.5. The molecule has 1 heterocycles. The molecular formula is C17H33N5O4. The van der Waals surface area contributed by atoms with E-state index in [1.165, 1.54) is 0 Å². The Labute approximate surface area is 155 Å². The van der Waals surface area contributed by atoms with E-state index in [0.717, 1.165) is 32.4 Å². The van der Waals surface area contributed by atoms with Crippen LogP contribution in [-0.2, 0) is 14.3 Å². The van der Waals surface area contributed by atoms with E-state index in [2.05, 4.69) is 20.9 Å². The largest absolute Gasteiger partial charge is 0.385 e. The molecule has 1 rings (SSSR count). The summed E-state index contributed by atoms with van der Waals surface area (Å²) in [6.45, 7) is 7.26. The number of hydrogen-bond donors (Lipinski definition) is 3.